The molecule has 2 bridgehead atoms. The van der Waals surface area contributed by atoms with Gasteiger partial charge in [-0.3, -0.25) is 9.59 Å². The molecule has 1 heterocycles. The lowest BCUT2D eigenvalue weighted by Gasteiger charge is -2.62. The van der Waals surface area contributed by atoms with Crippen LogP contribution in [-0.4, -0.2) is 36.1 Å². The van der Waals surface area contributed by atoms with E-state index in [-0.39, 0.29) is 34.9 Å². The maximum atomic E-state index is 13.3. The molecule has 0 aromatic rings. The minimum Gasteiger partial charge on any atom is -0.461 e. The number of hydrogen-bond donors (Lipinski definition) is 1. The van der Waals surface area contributed by atoms with E-state index in [1.54, 1.807) is 6.08 Å². The summed E-state index contributed by atoms with van der Waals surface area (Å²) < 4.78 is 11.9. The van der Waals surface area contributed by atoms with Crippen molar-refractivity contribution in [3.05, 3.63) is 12.7 Å². The van der Waals surface area contributed by atoms with Crippen LogP contribution < -0.4 is 5.32 Å². The molecule has 9 atom stereocenters. The number of ketones is 1. The number of amides is 1. The van der Waals surface area contributed by atoms with Crippen LogP contribution in [0.1, 0.15) is 60.3 Å². The zero-order valence-corrected chi connectivity index (χ0v) is 18.1. The number of rotatable bonds is 2. The molecule has 1 aliphatic heterocycles. The monoisotopic (exact) mass is 403 g/mol. The second-order valence-corrected chi connectivity index (χ2v) is 10.3. The molecule has 6 nitrogen and oxygen atoms in total. The van der Waals surface area contributed by atoms with Gasteiger partial charge in [0.05, 0.1) is 6.04 Å². The molecule has 4 fully saturated rings. The average molecular weight is 404 g/mol. The van der Waals surface area contributed by atoms with Crippen molar-refractivity contribution in [2.75, 3.05) is 0 Å². The highest BCUT2D eigenvalue weighted by atomic mass is 16.6. The molecule has 1 N–H and O–H groups in total. The van der Waals surface area contributed by atoms with E-state index in [1.807, 2.05) is 6.92 Å². The molecule has 3 aliphatic carbocycles. The number of esters is 1. The molecule has 160 valence electrons. The molecule has 6 heteroatoms. The number of nitrogens with one attached hydrogen (secondary N) is 1. The van der Waals surface area contributed by atoms with E-state index in [0.29, 0.717) is 6.42 Å². The van der Waals surface area contributed by atoms with Gasteiger partial charge in [0.1, 0.15) is 18.0 Å². The molecular formula is C23H33NO5. The van der Waals surface area contributed by atoms with Crippen molar-refractivity contribution in [1.29, 1.82) is 0 Å². The Morgan fingerprint density at radius 3 is 2.59 bits per heavy atom. The summed E-state index contributed by atoms with van der Waals surface area (Å²) in [6, 6.07) is -0.420. The van der Waals surface area contributed by atoms with E-state index < -0.39 is 35.2 Å². The summed E-state index contributed by atoms with van der Waals surface area (Å²) in [5, 5.41) is 3.00. The molecule has 0 radical (unpaired) electrons. The molecule has 3 saturated carbocycles. The molecule has 0 unspecified atom stereocenters. The highest BCUT2D eigenvalue weighted by molar-refractivity contribution is 5.86. The third-order valence-corrected chi connectivity index (χ3v) is 9.26. The first-order valence-electron chi connectivity index (χ1n) is 10.8. The lowest BCUT2D eigenvalue weighted by Crippen LogP contribution is -2.68. The average Bonchev–Trinajstić information content (AvgIpc) is 3.23. The predicted octanol–water partition coefficient (Wildman–Crippen LogP) is 3.64. The molecule has 1 saturated heterocycles. The fourth-order valence-corrected chi connectivity index (χ4v) is 7.50. The minimum atomic E-state index is -0.718. The Morgan fingerprint density at radius 2 is 1.97 bits per heavy atom. The van der Waals surface area contributed by atoms with Crippen LogP contribution in [0.3, 0.4) is 0 Å². The Morgan fingerprint density at radius 1 is 1.28 bits per heavy atom. The van der Waals surface area contributed by atoms with Crippen LogP contribution in [0.5, 0.6) is 0 Å². The lowest BCUT2D eigenvalue weighted by atomic mass is 9.43. The maximum Gasteiger partial charge on any atom is 0.407 e. The van der Waals surface area contributed by atoms with Gasteiger partial charge in [0.25, 0.3) is 0 Å². The van der Waals surface area contributed by atoms with Gasteiger partial charge in [0.2, 0.25) is 0 Å². The first kappa shape index (κ1) is 20.4. The second-order valence-electron chi connectivity index (χ2n) is 10.3. The van der Waals surface area contributed by atoms with Crippen molar-refractivity contribution in [2.45, 2.75) is 78.6 Å². The Bertz CT molecular complexity index is 779. The van der Waals surface area contributed by atoms with Gasteiger partial charge in [-0.05, 0) is 30.6 Å². The summed E-state index contributed by atoms with van der Waals surface area (Å²) in [5.41, 5.74) is -1.46. The van der Waals surface area contributed by atoms with Gasteiger partial charge in [-0.2, -0.15) is 0 Å². The highest BCUT2D eigenvalue weighted by Crippen LogP contribution is 2.68. The molecular weight excluding hydrogens is 370 g/mol. The molecule has 0 spiro atoms. The largest absolute Gasteiger partial charge is 0.461 e. The molecule has 1 amide bonds. The second kappa shape index (κ2) is 6.32. The van der Waals surface area contributed by atoms with Crippen LogP contribution in [0, 0.1) is 34.0 Å². The summed E-state index contributed by atoms with van der Waals surface area (Å²) in [7, 11) is 0. The SMILES string of the molecule is C=C[C@]1(C)[C@@H]2NC(=O)O[C@H]2[C@]2(C)[C@H](C)CC[C@]3(CCC(=O)[C@H]32)[C@@H](C)[C@@H]1OC(C)=O. The van der Waals surface area contributed by atoms with E-state index in [4.69, 9.17) is 9.47 Å². The van der Waals surface area contributed by atoms with Crippen molar-refractivity contribution in [3.63, 3.8) is 0 Å². The number of hydrogen-bond acceptors (Lipinski definition) is 5. The first-order valence-corrected chi connectivity index (χ1v) is 10.8. The van der Waals surface area contributed by atoms with Crippen molar-refractivity contribution >= 4 is 17.8 Å². The topological polar surface area (TPSA) is 81.7 Å². The Kier molecular flexibility index (Phi) is 4.45. The molecule has 4 rings (SSSR count). The molecule has 0 aromatic carbocycles. The van der Waals surface area contributed by atoms with E-state index in [1.165, 1.54) is 6.92 Å². The summed E-state index contributed by atoms with van der Waals surface area (Å²) in [4.78, 5) is 37.9. The zero-order chi connectivity index (χ0) is 21.4. The van der Waals surface area contributed by atoms with Gasteiger partial charge >= 0.3 is 12.1 Å². The Balaban J connectivity index is 1.99. The fourth-order valence-electron chi connectivity index (χ4n) is 7.50. The Labute approximate surface area is 172 Å². The van der Waals surface area contributed by atoms with Crippen LogP contribution in [0.25, 0.3) is 0 Å². The number of carbonyl (C=O) groups is 3. The van der Waals surface area contributed by atoms with Crippen LogP contribution in [0.4, 0.5) is 4.79 Å². The van der Waals surface area contributed by atoms with Gasteiger partial charge < -0.3 is 14.8 Å². The maximum absolute atomic E-state index is 13.3. The van der Waals surface area contributed by atoms with Gasteiger partial charge in [0, 0.05) is 36.0 Å². The van der Waals surface area contributed by atoms with Crippen LogP contribution in [-0.2, 0) is 19.1 Å². The van der Waals surface area contributed by atoms with E-state index in [9.17, 15) is 14.4 Å². The van der Waals surface area contributed by atoms with Crippen LogP contribution in [0.2, 0.25) is 0 Å². The standard InChI is InChI=1S/C23H33NO5/c1-7-21(5)17-19(29-20(27)24-17)22(6)12(2)8-10-23(11-9-15(26)16(22)23)13(3)18(21)28-14(4)25/h7,12-13,16-19H,1,8-11H2,2-6H3,(H,24,27)/t12-,13+,16+,17-,18+,19-,21-,22-,23+/m1/s1. The van der Waals surface area contributed by atoms with E-state index >= 15 is 0 Å². The lowest BCUT2D eigenvalue weighted by molar-refractivity contribution is -0.200. The number of fused-ring (bicyclic) bond motifs is 2. The smallest absolute Gasteiger partial charge is 0.407 e. The summed E-state index contributed by atoms with van der Waals surface area (Å²) in [6.45, 7) is 13.9. The van der Waals surface area contributed by atoms with Crippen molar-refractivity contribution < 1.29 is 23.9 Å². The van der Waals surface area contributed by atoms with Crippen molar-refractivity contribution in [1.82, 2.24) is 5.32 Å². The number of Topliss-reactive ketones (excluding diaryl/α,β-unsaturated/α-hetero) is 1. The molecule has 29 heavy (non-hydrogen) atoms. The number of carbonyl (C=O) groups excluding carboxylic acids is 3. The fraction of sp³-hybridized carbons (Fsp3) is 0.783. The molecule has 0 aromatic heterocycles. The zero-order valence-electron chi connectivity index (χ0n) is 18.1. The van der Waals surface area contributed by atoms with Crippen LogP contribution >= 0.6 is 0 Å². The van der Waals surface area contributed by atoms with Crippen molar-refractivity contribution in [3.8, 4) is 0 Å². The highest BCUT2D eigenvalue weighted by Gasteiger charge is 2.72. The summed E-state index contributed by atoms with van der Waals surface area (Å²) in [5.74, 6) is -0.121. The minimum absolute atomic E-state index is 0.0453. The quantitative estimate of drug-likeness (QED) is 0.562. The van der Waals surface area contributed by atoms with Crippen molar-refractivity contribution in [2.24, 2.45) is 34.0 Å². The Hall–Kier alpha value is -1.85. The predicted molar refractivity (Wildman–Crippen MR) is 107 cm³/mol. The summed E-state index contributed by atoms with van der Waals surface area (Å²) >= 11 is 0. The molecule has 4 aliphatic rings. The normalized spacial score (nSPS) is 51.1. The third kappa shape index (κ3) is 2.43. The number of alkyl carbamates (subject to hydrolysis) is 1. The van der Waals surface area contributed by atoms with Gasteiger partial charge in [-0.15, -0.1) is 6.58 Å². The first-order chi connectivity index (χ1) is 13.5. The van der Waals surface area contributed by atoms with E-state index in [0.717, 1.165) is 19.3 Å². The third-order valence-electron chi connectivity index (χ3n) is 9.26. The summed E-state index contributed by atoms with van der Waals surface area (Å²) in [6.07, 6.45) is 3.56. The van der Waals surface area contributed by atoms with Gasteiger partial charge in [-0.1, -0.05) is 33.8 Å². The van der Waals surface area contributed by atoms with E-state index in [2.05, 4.69) is 32.7 Å². The van der Waals surface area contributed by atoms with Gasteiger partial charge in [0.15, 0.2) is 0 Å². The number of ether oxygens (including phenoxy) is 2. The van der Waals surface area contributed by atoms with Crippen LogP contribution in [0.15, 0.2) is 12.7 Å². The van der Waals surface area contributed by atoms with Gasteiger partial charge in [-0.25, -0.2) is 4.79 Å².